The van der Waals surface area contributed by atoms with Crippen LogP contribution in [0.4, 0.5) is 5.69 Å². The Morgan fingerprint density at radius 1 is 1.47 bits per heavy atom. The Balaban J connectivity index is 2.76. The second kappa shape index (κ2) is 6.36. The summed E-state index contributed by atoms with van der Waals surface area (Å²) in [5, 5.41) is 1.61. The van der Waals surface area contributed by atoms with E-state index >= 15 is 0 Å². The van der Waals surface area contributed by atoms with E-state index in [-0.39, 0.29) is 0 Å². The van der Waals surface area contributed by atoms with Gasteiger partial charge in [-0.2, -0.15) is 0 Å². The summed E-state index contributed by atoms with van der Waals surface area (Å²) < 4.78 is 5.03. The fraction of sp³-hybridized carbons (Fsp3) is 0.455. The second-order valence-electron chi connectivity index (χ2n) is 3.33. The largest absolute Gasteiger partial charge is 0.383 e. The highest BCUT2D eigenvalue weighted by Gasteiger charge is 2.06. The predicted molar refractivity (Wildman–Crippen MR) is 69.2 cm³/mol. The first kappa shape index (κ1) is 12.8. The van der Waals surface area contributed by atoms with Crippen molar-refractivity contribution < 1.29 is 4.74 Å². The maximum Gasteiger partial charge on any atom is 0.0642 e. The molecule has 1 aromatic rings. The Morgan fingerprint density at radius 3 is 2.73 bits per heavy atom. The monoisotopic (exact) mass is 291 g/mol. The van der Waals surface area contributed by atoms with Crippen LogP contribution in [0.2, 0.25) is 5.02 Å². The zero-order valence-corrected chi connectivity index (χ0v) is 11.3. The molecule has 0 amide bonds. The molecule has 0 spiro atoms. The molecule has 0 unspecified atom stereocenters. The standard InChI is InChI=1S/C11H15BrClNO/c1-14(5-6-15-2)11-4-3-9(8-12)7-10(11)13/h3-4,7H,5-6,8H2,1-2H3. The SMILES string of the molecule is COCCN(C)c1ccc(CBr)cc1Cl. The van der Waals surface area contributed by atoms with E-state index in [1.54, 1.807) is 7.11 Å². The van der Waals surface area contributed by atoms with Gasteiger partial charge in [0.25, 0.3) is 0 Å². The van der Waals surface area contributed by atoms with Crippen molar-refractivity contribution in [3.05, 3.63) is 28.8 Å². The van der Waals surface area contributed by atoms with Gasteiger partial charge in [-0.15, -0.1) is 0 Å². The van der Waals surface area contributed by atoms with Gasteiger partial charge in [-0.1, -0.05) is 33.6 Å². The van der Waals surface area contributed by atoms with Crippen LogP contribution >= 0.6 is 27.5 Å². The average molecular weight is 293 g/mol. The number of hydrogen-bond acceptors (Lipinski definition) is 2. The zero-order chi connectivity index (χ0) is 11.3. The molecular weight excluding hydrogens is 277 g/mol. The number of rotatable bonds is 5. The van der Waals surface area contributed by atoms with E-state index < -0.39 is 0 Å². The van der Waals surface area contributed by atoms with Crippen molar-refractivity contribution in [3.8, 4) is 0 Å². The van der Waals surface area contributed by atoms with Crippen LogP contribution in [-0.4, -0.2) is 27.3 Å². The molecule has 15 heavy (non-hydrogen) atoms. The van der Waals surface area contributed by atoms with E-state index in [1.807, 2.05) is 19.2 Å². The smallest absolute Gasteiger partial charge is 0.0642 e. The lowest BCUT2D eigenvalue weighted by atomic mass is 10.2. The van der Waals surface area contributed by atoms with Crippen LogP contribution in [0.1, 0.15) is 5.56 Å². The highest BCUT2D eigenvalue weighted by atomic mass is 79.9. The van der Waals surface area contributed by atoms with Gasteiger partial charge in [-0.05, 0) is 17.7 Å². The number of anilines is 1. The van der Waals surface area contributed by atoms with E-state index in [9.17, 15) is 0 Å². The topological polar surface area (TPSA) is 12.5 Å². The van der Waals surface area contributed by atoms with Crippen LogP contribution < -0.4 is 4.90 Å². The van der Waals surface area contributed by atoms with Crippen LogP contribution in [0.25, 0.3) is 0 Å². The molecule has 0 aliphatic heterocycles. The molecule has 0 aliphatic rings. The van der Waals surface area contributed by atoms with Gasteiger partial charge in [0.2, 0.25) is 0 Å². The van der Waals surface area contributed by atoms with Gasteiger partial charge in [-0.3, -0.25) is 0 Å². The van der Waals surface area contributed by atoms with Gasteiger partial charge < -0.3 is 9.64 Å². The molecule has 4 heteroatoms. The minimum absolute atomic E-state index is 0.701. The lowest BCUT2D eigenvalue weighted by Gasteiger charge is -2.20. The summed E-state index contributed by atoms with van der Waals surface area (Å²) in [6, 6.07) is 6.09. The second-order valence-corrected chi connectivity index (χ2v) is 4.30. The predicted octanol–water partition coefficient (Wildman–Crippen LogP) is 3.32. The Bertz CT molecular complexity index is 319. The molecule has 0 heterocycles. The summed E-state index contributed by atoms with van der Waals surface area (Å²) in [6.07, 6.45) is 0. The van der Waals surface area contributed by atoms with Crippen LogP contribution in [0.3, 0.4) is 0 Å². The minimum Gasteiger partial charge on any atom is -0.383 e. The molecule has 0 atom stereocenters. The zero-order valence-electron chi connectivity index (χ0n) is 8.96. The molecular formula is C11H15BrClNO. The third kappa shape index (κ3) is 3.67. The summed E-state index contributed by atoms with van der Waals surface area (Å²) in [5.74, 6) is 0. The number of ether oxygens (including phenoxy) is 1. The van der Waals surface area contributed by atoms with E-state index in [0.717, 1.165) is 22.6 Å². The van der Waals surface area contributed by atoms with E-state index in [1.165, 1.54) is 5.56 Å². The van der Waals surface area contributed by atoms with Crippen LogP contribution in [-0.2, 0) is 10.1 Å². The Morgan fingerprint density at radius 2 is 2.20 bits per heavy atom. The van der Waals surface area contributed by atoms with Crippen LogP contribution in [0, 0.1) is 0 Å². The first-order chi connectivity index (χ1) is 7.19. The van der Waals surface area contributed by atoms with Gasteiger partial charge in [0.1, 0.15) is 0 Å². The summed E-state index contributed by atoms with van der Waals surface area (Å²) in [6.45, 7) is 1.54. The van der Waals surface area contributed by atoms with Crippen LogP contribution in [0.5, 0.6) is 0 Å². The molecule has 1 aromatic carbocycles. The number of halogens is 2. The first-order valence-corrected chi connectivity index (χ1v) is 6.23. The summed E-state index contributed by atoms with van der Waals surface area (Å²) in [5.41, 5.74) is 2.22. The molecule has 0 N–H and O–H groups in total. The molecule has 0 aliphatic carbocycles. The number of likely N-dealkylation sites (N-methyl/N-ethyl adjacent to an activating group) is 1. The quantitative estimate of drug-likeness (QED) is 0.772. The third-order valence-corrected chi connectivity index (χ3v) is 3.16. The average Bonchev–Trinajstić information content (AvgIpc) is 2.25. The molecule has 2 nitrogen and oxygen atoms in total. The minimum atomic E-state index is 0.701. The van der Waals surface area contributed by atoms with Crippen molar-refractivity contribution in [2.24, 2.45) is 0 Å². The molecule has 0 saturated heterocycles. The number of alkyl halides is 1. The molecule has 0 bridgehead atoms. The van der Waals surface area contributed by atoms with Gasteiger partial charge in [0.15, 0.2) is 0 Å². The lowest BCUT2D eigenvalue weighted by Crippen LogP contribution is -2.22. The summed E-state index contributed by atoms with van der Waals surface area (Å²) in [4.78, 5) is 2.09. The first-order valence-electron chi connectivity index (χ1n) is 4.73. The maximum atomic E-state index is 6.18. The Labute approximate surface area is 104 Å². The molecule has 0 aromatic heterocycles. The van der Waals surface area contributed by atoms with Crippen molar-refractivity contribution in [1.29, 1.82) is 0 Å². The normalized spacial score (nSPS) is 10.4. The highest BCUT2D eigenvalue weighted by molar-refractivity contribution is 9.08. The fourth-order valence-electron chi connectivity index (χ4n) is 1.29. The van der Waals surface area contributed by atoms with Crippen molar-refractivity contribution in [2.45, 2.75) is 5.33 Å². The fourth-order valence-corrected chi connectivity index (χ4v) is 1.99. The Kier molecular flexibility index (Phi) is 5.43. The van der Waals surface area contributed by atoms with Crippen molar-refractivity contribution >= 4 is 33.2 Å². The third-order valence-electron chi connectivity index (χ3n) is 2.21. The number of methoxy groups -OCH3 is 1. The van der Waals surface area contributed by atoms with Gasteiger partial charge in [0.05, 0.1) is 17.3 Å². The Hall–Kier alpha value is -0.250. The number of hydrogen-bond donors (Lipinski definition) is 0. The maximum absolute atomic E-state index is 6.18. The lowest BCUT2D eigenvalue weighted by molar-refractivity contribution is 0.206. The van der Waals surface area contributed by atoms with E-state index in [2.05, 4.69) is 26.9 Å². The van der Waals surface area contributed by atoms with Crippen LogP contribution in [0.15, 0.2) is 18.2 Å². The molecule has 1 rings (SSSR count). The van der Waals surface area contributed by atoms with Crippen molar-refractivity contribution in [3.63, 3.8) is 0 Å². The van der Waals surface area contributed by atoms with Gasteiger partial charge in [0, 0.05) is 26.0 Å². The molecule has 0 radical (unpaired) electrons. The van der Waals surface area contributed by atoms with Gasteiger partial charge >= 0.3 is 0 Å². The number of benzene rings is 1. The highest BCUT2D eigenvalue weighted by Crippen LogP contribution is 2.26. The molecule has 84 valence electrons. The summed E-state index contributed by atoms with van der Waals surface area (Å²) >= 11 is 9.58. The van der Waals surface area contributed by atoms with Crippen molar-refractivity contribution in [1.82, 2.24) is 0 Å². The summed E-state index contributed by atoms with van der Waals surface area (Å²) in [7, 11) is 3.71. The molecule has 0 saturated carbocycles. The van der Waals surface area contributed by atoms with E-state index in [4.69, 9.17) is 16.3 Å². The van der Waals surface area contributed by atoms with Crippen molar-refractivity contribution in [2.75, 3.05) is 32.2 Å². The van der Waals surface area contributed by atoms with E-state index in [0.29, 0.717) is 6.61 Å². The number of nitrogens with zero attached hydrogens (tertiary/aromatic N) is 1. The van der Waals surface area contributed by atoms with Gasteiger partial charge in [-0.25, -0.2) is 0 Å². The molecule has 0 fully saturated rings.